The van der Waals surface area contributed by atoms with Crippen molar-refractivity contribution < 1.29 is 37.6 Å². The highest BCUT2D eigenvalue weighted by Crippen LogP contribution is 2.37. The van der Waals surface area contributed by atoms with Crippen LogP contribution in [0.5, 0.6) is 28.9 Å². The maximum atomic E-state index is 15.1. The van der Waals surface area contributed by atoms with Gasteiger partial charge in [0, 0.05) is 49.0 Å². The zero-order chi connectivity index (χ0) is 29.8. The lowest BCUT2D eigenvalue weighted by atomic mass is 10.00. The predicted octanol–water partition coefficient (Wildman–Crippen LogP) is 5.88. The Morgan fingerprint density at radius 1 is 0.929 bits per heavy atom. The number of nitrogens with one attached hydrogen (secondary N) is 1. The van der Waals surface area contributed by atoms with Gasteiger partial charge in [-0.1, -0.05) is 12.1 Å². The number of nitrogens with zero attached hydrogens (tertiary/aromatic N) is 3. The van der Waals surface area contributed by atoms with Crippen LogP contribution < -0.4 is 19.5 Å². The molecule has 2 N–H and O–H groups in total. The van der Waals surface area contributed by atoms with Gasteiger partial charge in [-0.15, -0.1) is 0 Å². The van der Waals surface area contributed by atoms with Crippen LogP contribution in [-0.2, 0) is 11.3 Å². The quantitative estimate of drug-likeness (QED) is 0.222. The Kier molecular flexibility index (Phi) is 8.07. The lowest BCUT2D eigenvalue weighted by Gasteiger charge is -2.15. The summed E-state index contributed by atoms with van der Waals surface area (Å²) in [6.07, 6.45) is 2.67. The Hall–Kier alpha value is -5.36. The second-order valence-electron chi connectivity index (χ2n) is 8.86. The number of hydrogen-bond donors (Lipinski definition) is 2. The molecule has 3 aromatic heterocycles. The molecule has 1 amide bonds. The molecule has 0 bridgehead atoms. The molecule has 5 aromatic rings. The number of hydrogen-bond acceptors (Lipinski definition) is 9. The van der Waals surface area contributed by atoms with Crippen LogP contribution in [0.1, 0.15) is 16.1 Å². The highest BCUT2D eigenvalue weighted by molar-refractivity contribution is 6.07. The van der Waals surface area contributed by atoms with Crippen molar-refractivity contribution in [1.29, 1.82) is 0 Å². The highest BCUT2D eigenvalue weighted by atomic mass is 19.1. The number of amides is 1. The minimum atomic E-state index is -0.775. The summed E-state index contributed by atoms with van der Waals surface area (Å²) < 4.78 is 50.1. The van der Waals surface area contributed by atoms with Gasteiger partial charge in [-0.2, -0.15) is 0 Å². The molecule has 12 heteroatoms. The summed E-state index contributed by atoms with van der Waals surface area (Å²) >= 11 is 0. The van der Waals surface area contributed by atoms with Crippen molar-refractivity contribution in [2.75, 3.05) is 26.6 Å². The van der Waals surface area contributed by atoms with Crippen molar-refractivity contribution in [3.8, 4) is 40.0 Å². The maximum absolute atomic E-state index is 15.1. The van der Waals surface area contributed by atoms with Gasteiger partial charge in [0.2, 0.25) is 0 Å². The predicted molar refractivity (Wildman–Crippen MR) is 149 cm³/mol. The zero-order valence-corrected chi connectivity index (χ0v) is 22.6. The molecule has 0 saturated carbocycles. The number of carbonyl (C=O) groups is 1. The van der Waals surface area contributed by atoms with Gasteiger partial charge in [0.15, 0.2) is 23.1 Å². The van der Waals surface area contributed by atoms with E-state index >= 15 is 4.39 Å². The summed E-state index contributed by atoms with van der Waals surface area (Å²) in [5.74, 6) is -1.70. The van der Waals surface area contributed by atoms with Crippen LogP contribution in [-0.4, -0.2) is 47.3 Å². The van der Waals surface area contributed by atoms with Gasteiger partial charge in [-0.3, -0.25) is 14.8 Å². The van der Waals surface area contributed by atoms with Crippen molar-refractivity contribution >= 4 is 22.6 Å². The number of ether oxygens (including phenoxy) is 4. The first-order valence-corrected chi connectivity index (χ1v) is 12.4. The van der Waals surface area contributed by atoms with Crippen LogP contribution in [0.25, 0.3) is 22.2 Å². The average Bonchev–Trinajstić information content (AvgIpc) is 2.99. The van der Waals surface area contributed by atoms with Gasteiger partial charge in [-0.25, -0.2) is 13.8 Å². The number of aromatic nitrogens is 3. The van der Waals surface area contributed by atoms with Crippen molar-refractivity contribution in [1.82, 2.24) is 15.0 Å². The first-order chi connectivity index (χ1) is 20.3. The molecule has 42 heavy (non-hydrogen) atoms. The number of methoxy groups -OCH3 is 3. The van der Waals surface area contributed by atoms with E-state index in [1.807, 2.05) is 0 Å². The molecule has 0 aliphatic heterocycles. The molecular weight excluding hydrogens is 550 g/mol. The average molecular weight is 575 g/mol. The van der Waals surface area contributed by atoms with E-state index in [4.69, 9.17) is 18.9 Å². The van der Waals surface area contributed by atoms with Crippen molar-refractivity contribution in [2.45, 2.75) is 6.61 Å². The number of fused-ring (bicyclic) bond motifs is 1. The van der Waals surface area contributed by atoms with Crippen LogP contribution in [0.15, 0.2) is 67.0 Å². The van der Waals surface area contributed by atoms with Crippen LogP contribution in [0, 0.1) is 11.6 Å². The van der Waals surface area contributed by atoms with E-state index in [2.05, 4.69) is 20.3 Å². The number of carbonyl (C=O) groups excluding carboxylic acids is 1. The van der Waals surface area contributed by atoms with E-state index in [0.29, 0.717) is 28.0 Å². The van der Waals surface area contributed by atoms with Crippen LogP contribution in [0.2, 0.25) is 0 Å². The van der Waals surface area contributed by atoms with E-state index < -0.39 is 17.5 Å². The molecule has 0 spiro atoms. The van der Waals surface area contributed by atoms with Crippen LogP contribution in [0.4, 0.5) is 14.5 Å². The first kappa shape index (κ1) is 28.2. The highest BCUT2D eigenvalue weighted by Gasteiger charge is 2.21. The second kappa shape index (κ2) is 12.0. The number of pyridine rings is 3. The minimum Gasteiger partial charge on any atom is -0.506 e. The normalized spacial score (nSPS) is 10.9. The Bertz CT molecular complexity index is 1780. The summed E-state index contributed by atoms with van der Waals surface area (Å²) in [5.41, 5.74) is 1.69. The Morgan fingerprint density at radius 2 is 1.71 bits per heavy atom. The third kappa shape index (κ3) is 5.60. The standard InChI is InChI=1S/C30H24F2N4O6/c1-39-15-22-26(16-4-6-17(31)7-5-16)28(37)19(14-34-22)29(38)35-18-8-9-23(20(32)12-18)42-24-10-11-33-21-13-25(40-2)30(41-3)36-27(21)24/h4-14H,15H2,1-3H3,(H,34,37)(H,35,38). The summed E-state index contributed by atoms with van der Waals surface area (Å²) in [6, 6.07) is 12.3. The number of benzene rings is 2. The fourth-order valence-corrected chi connectivity index (χ4v) is 4.24. The second-order valence-corrected chi connectivity index (χ2v) is 8.86. The van der Waals surface area contributed by atoms with E-state index in [9.17, 15) is 14.3 Å². The monoisotopic (exact) mass is 574 g/mol. The smallest absolute Gasteiger partial charge is 0.261 e. The zero-order valence-electron chi connectivity index (χ0n) is 22.6. The van der Waals surface area contributed by atoms with Gasteiger partial charge in [0.1, 0.15) is 22.6 Å². The molecule has 0 saturated heterocycles. The summed E-state index contributed by atoms with van der Waals surface area (Å²) in [4.78, 5) is 26.0. The fourth-order valence-electron chi connectivity index (χ4n) is 4.24. The Balaban J connectivity index is 1.40. The summed E-state index contributed by atoms with van der Waals surface area (Å²) in [5, 5.41) is 13.6. The first-order valence-electron chi connectivity index (χ1n) is 12.4. The topological polar surface area (TPSA) is 125 Å². The number of halogens is 2. The minimum absolute atomic E-state index is 0.0391. The molecule has 10 nitrogen and oxygen atoms in total. The van der Waals surface area contributed by atoms with Crippen LogP contribution >= 0.6 is 0 Å². The van der Waals surface area contributed by atoms with Gasteiger partial charge in [0.25, 0.3) is 11.8 Å². The van der Waals surface area contributed by atoms with Gasteiger partial charge in [0.05, 0.1) is 32.0 Å². The molecule has 0 aliphatic carbocycles. The molecule has 0 atom stereocenters. The van der Waals surface area contributed by atoms with Crippen molar-refractivity contribution in [3.05, 3.63) is 89.9 Å². The van der Waals surface area contributed by atoms with Gasteiger partial charge in [-0.05, 0) is 29.8 Å². The lowest BCUT2D eigenvalue weighted by molar-refractivity contribution is 0.102. The number of aromatic hydroxyl groups is 1. The molecular formula is C30H24F2N4O6. The SMILES string of the molecule is COCc1ncc(C(=O)Nc2ccc(Oc3ccnc4cc(OC)c(OC)nc34)c(F)c2)c(O)c1-c1ccc(F)cc1. The Labute approximate surface area is 238 Å². The van der Waals surface area contributed by atoms with Gasteiger partial charge < -0.3 is 29.4 Å². The molecule has 5 rings (SSSR count). The number of anilines is 1. The van der Waals surface area contributed by atoms with E-state index in [1.165, 1.54) is 76.2 Å². The van der Waals surface area contributed by atoms with Gasteiger partial charge >= 0.3 is 0 Å². The molecule has 0 radical (unpaired) electrons. The maximum Gasteiger partial charge on any atom is 0.261 e. The number of rotatable bonds is 9. The largest absolute Gasteiger partial charge is 0.506 e. The lowest BCUT2D eigenvalue weighted by Crippen LogP contribution is -2.14. The molecule has 3 heterocycles. The third-order valence-electron chi connectivity index (χ3n) is 6.22. The van der Waals surface area contributed by atoms with E-state index in [-0.39, 0.29) is 46.5 Å². The van der Waals surface area contributed by atoms with Crippen molar-refractivity contribution in [3.63, 3.8) is 0 Å². The Morgan fingerprint density at radius 3 is 2.40 bits per heavy atom. The molecule has 0 aliphatic rings. The third-order valence-corrected chi connectivity index (χ3v) is 6.22. The van der Waals surface area contributed by atoms with E-state index in [1.54, 1.807) is 6.07 Å². The summed E-state index contributed by atoms with van der Waals surface area (Å²) in [6.45, 7) is 0.0391. The molecule has 0 unspecified atom stereocenters. The fraction of sp³-hybridized carbons (Fsp3) is 0.133. The van der Waals surface area contributed by atoms with E-state index in [0.717, 1.165) is 6.07 Å². The molecule has 2 aromatic carbocycles. The molecule has 214 valence electrons. The van der Waals surface area contributed by atoms with Crippen molar-refractivity contribution in [2.24, 2.45) is 0 Å². The van der Waals surface area contributed by atoms with Crippen LogP contribution in [0.3, 0.4) is 0 Å². The summed E-state index contributed by atoms with van der Waals surface area (Å²) in [7, 11) is 4.37. The molecule has 0 fully saturated rings.